The van der Waals surface area contributed by atoms with E-state index >= 15 is 0 Å². The van der Waals surface area contributed by atoms with Gasteiger partial charge in [0.1, 0.15) is 0 Å². The third-order valence-electron chi connectivity index (χ3n) is 2.93. The predicted molar refractivity (Wildman–Crippen MR) is 73.5 cm³/mol. The van der Waals surface area contributed by atoms with Gasteiger partial charge in [-0.25, -0.2) is 0 Å². The van der Waals surface area contributed by atoms with E-state index in [0.29, 0.717) is 0 Å². The molecule has 0 bridgehead atoms. The lowest BCUT2D eigenvalue weighted by molar-refractivity contribution is 1.39. The Kier molecular flexibility index (Phi) is 3.01. The van der Waals surface area contributed by atoms with Gasteiger partial charge in [0.15, 0.2) is 0 Å². The highest BCUT2D eigenvalue weighted by atomic mass is 79.9. The van der Waals surface area contributed by atoms with Crippen LogP contribution in [0.15, 0.2) is 40.9 Å². The van der Waals surface area contributed by atoms with Gasteiger partial charge in [0.25, 0.3) is 0 Å². The molecule has 0 aliphatic rings. The monoisotopic (exact) mass is 275 g/mol. The van der Waals surface area contributed by atoms with Crippen molar-refractivity contribution in [1.29, 1.82) is 0 Å². The summed E-state index contributed by atoms with van der Waals surface area (Å²) in [6, 6.07) is 12.3. The van der Waals surface area contributed by atoms with Crippen LogP contribution in [0.25, 0.3) is 11.1 Å². The lowest BCUT2D eigenvalue weighted by Crippen LogP contribution is -1.93. The second-order valence-electron chi connectivity index (χ2n) is 3.93. The molecule has 82 valence electrons. The van der Waals surface area contributed by atoms with Gasteiger partial charge in [-0.15, -0.1) is 0 Å². The molecule has 0 fully saturated rings. The molecule has 2 aromatic rings. The van der Waals surface area contributed by atoms with Gasteiger partial charge in [-0.1, -0.05) is 40.2 Å². The van der Waals surface area contributed by atoms with Crippen molar-refractivity contribution in [3.63, 3.8) is 0 Å². The Morgan fingerprint density at radius 1 is 0.875 bits per heavy atom. The van der Waals surface area contributed by atoms with Gasteiger partial charge in [0.2, 0.25) is 0 Å². The van der Waals surface area contributed by atoms with Crippen molar-refractivity contribution in [2.24, 2.45) is 0 Å². The first-order valence-corrected chi connectivity index (χ1v) is 6.01. The van der Waals surface area contributed by atoms with Gasteiger partial charge in [0.05, 0.1) is 0 Å². The molecule has 0 amide bonds. The van der Waals surface area contributed by atoms with Crippen LogP contribution in [-0.4, -0.2) is 0 Å². The summed E-state index contributed by atoms with van der Waals surface area (Å²) >= 11 is 3.56. The van der Waals surface area contributed by atoms with Crippen LogP contribution in [0.3, 0.4) is 0 Å². The van der Waals surface area contributed by atoms with Crippen molar-refractivity contribution in [2.45, 2.75) is 13.8 Å². The number of benzene rings is 2. The number of rotatable bonds is 1. The van der Waals surface area contributed by atoms with Crippen LogP contribution < -0.4 is 5.73 Å². The van der Waals surface area contributed by atoms with Crippen molar-refractivity contribution < 1.29 is 0 Å². The number of hydrogen-bond donors (Lipinski definition) is 1. The van der Waals surface area contributed by atoms with Gasteiger partial charge in [0, 0.05) is 10.2 Å². The highest BCUT2D eigenvalue weighted by Gasteiger charge is 2.08. The van der Waals surface area contributed by atoms with Crippen LogP contribution in [-0.2, 0) is 0 Å². The Labute approximate surface area is 104 Å². The Balaban J connectivity index is 2.68. The van der Waals surface area contributed by atoms with Crippen molar-refractivity contribution >= 4 is 21.6 Å². The fraction of sp³-hybridized carbons (Fsp3) is 0.143. The van der Waals surface area contributed by atoms with Crippen LogP contribution >= 0.6 is 15.9 Å². The average Bonchev–Trinajstić information content (AvgIpc) is 2.27. The molecule has 0 aliphatic heterocycles. The Bertz CT molecular complexity index is 483. The Morgan fingerprint density at radius 2 is 1.44 bits per heavy atom. The zero-order valence-electron chi connectivity index (χ0n) is 9.42. The van der Waals surface area contributed by atoms with Crippen LogP contribution in [0.1, 0.15) is 11.1 Å². The molecule has 0 radical (unpaired) electrons. The third kappa shape index (κ3) is 1.85. The normalized spacial score (nSPS) is 10.4. The summed E-state index contributed by atoms with van der Waals surface area (Å²) in [7, 11) is 0. The number of hydrogen-bond acceptors (Lipinski definition) is 1. The number of anilines is 1. The molecule has 0 unspecified atom stereocenters. The van der Waals surface area contributed by atoms with Crippen LogP contribution in [0.4, 0.5) is 5.69 Å². The molecule has 2 N–H and O–H groups in total. The van der Waals surface area contributed by atoms with E-state index in [9.17, 15) is 0 Å². The average molecular weight is 276 g/mol. The minimum absolute atomic E-state index is 0.844. The summed E-state index contributed by atoms with van der Waals surface area (Å²) in [6.45, 7) is 4.17. The van der Waals surface area contributed by atoms with E-state index in [-0.39, 0.29) is 0 Å². The molecule has 0 aromatic heterocycles. The van der Waals surface area contributed by atoms with E-state index < -0.39 is 0 Å². The molecule has 0 aliphatic carbocycles. The third-order valence-corrected chi connectivity index (χ3v) is 3.79. The molecular formula is C14H14BrN. The molecule has 16 heavy (non-hydrogen) atoms. The SMILES string of the molecule is Cc1c(N)cccc1-c1cccc(Br)c1C. The zero-order chi connectivity index (χ0) is 11.7. The highest BCUT2D eigenvalue weighted by molar-refractivity contribution is 9.10. The molecule has 0 atom stereocenters. The van der Waals surface area contributed by atoms with E-state index in [1.807, 2.05) is 12.1 Å². The predicted octanol–water partition coefficient (Wildman–Crippen LogP) is 4.32. The molecule has 0 spiro atoms. The number of nitrogen functional groups attached to an aromatic ring is 1. The number of halogens is 1. The van der Waals surface area contributed by atoms with Gasteiger partial charge in [-0.2, -0.15) is 0 Å². The van der Waals surface area contributed by atoms with Gasteiger partial charge in [-0.3, -0.25) is 0 Å². The lowest BCUT2D eigenvalue weighted by atomic mass is 9.96. The lowest BCUT2D eigenvalue weighted by Gasteiger charge is -2.12. The van der Waals surface area contributed by atoms with Crippen LogP contribution in [0.2, 0.25) is 0 Å². The van der Waals surface area contributed by atoms with E-state index in [4.69, 9.17) is 5.73 Å². The molecule has 2 heteroatoms. The first kappa shape index (κ1) is 11.2. The van der Waals surface area contributed by atoms with Crippen molar-refractivity contribution in [3.8, 4) is 11.1 Å². The number of nitrogens with two attached hydrogens (primary N) is 1. The van der Waals surface area contributed by atoms with Gasteiger partial charge < -0.3 is 5.73 Å². The summed E-state index contributed by atoms with van der Waals surface area (Å²) in [5.41, 5.74) is 11.6. The van der Waals surface area contributed by atoms with Crippen molar-refractivity contribution in [3.05, 3.63) is 52.0 Å². The Hall–Kier alpha value is -1.28. The standard InChI is InChI=1S/C14H14BrN/c1-9-11(5-3-7-13(9)15)12-6-4-8-14(16)10(12)2/h3-8H,16H2,1-2H3. The largest absolute Gasteiger partial charge is 0.398 e. The second kappa shape index (κ2) is 4.30. The molecule has 2 aromatic carbocycles. The summed E-state index contributed by atoms with van der Waals surface area (Å²) in [5, 5.41) is 0. The smallest absolute Gasteiger partial charge is 0.0349 e. The summed E-state index contributed by atoms with van der Waals surface area (Å²) < 4.78 is 1.13. The van der Waals surface area contributed by atoms with Crippen LogP contribution in [0.5, 0.6) is 0 Å². The van der Waals surface area contributed by atoms with E-state index in [0.717, 1.165) is 15.7 Å². The van der Waals surface area contributed by atoms with E-state index in [1.54, 1.807) is 0 Å². The summed E-state index contributed by atoms with van der Waals surface area (Å²) in [6.07, 6.45) is 0. The van der Waals surface area contributed by atoms with Crippen molar-refractivity contribution in [1.82, 2.24) is 0 Å². The Morgan fingerprint density at radius 3 is 2.12 bits per heavy atom. The second-order valence-corrected chi connectivity index (χ2v) is 4.79. The van der Waals surface area contributed by atoms with Gasteiger partial charge >= 0.3 is 0 Å². The molecule has 1 nitrogen and oxygen atoms in total. The van der Waals surface area contributed by atoms with E-state index in [1.165, 1.54) is 16.7 Å². The van der Waals surface area contributed by atoms with Gasteiger partial charge in [-0.05, 0) is 48.2 Å². The minimum Gasteiger partial charge on any atom is -0.398 e. The first-order chi connectivity index (χ1) is 7.61. The maximum atomic E-state index is 5.93. The zero-order valence-corrected chi connectivity index (χ0v) is 11.0. The molecule has 0 saturated carbocycles. The quantitative estimate of drug-likeness (QED) is 0.771. The summed E-state index contributed by atoms with van der Waals surface area (Å²) in [5.74, 6) is 0. The molecular weight excluding hydrogens is 262 g/mol. The molecule has 2 rings (SSSR count). The van der Waals surface area contributed by atoms with Crippen LogP contribution in [0, 0.1) is 13.8 Å². The maximum absolute atomic E-state index is 5.93. The van der Waals surface area contributed by atoms with Crippen molar-refractivity contribution in [2.75, 3.05) is 5.73 Å². The molecule has 0 heterocycles. The molecule has 0 saturated heterocycles. The fourth-order valence-electron chi connectivity index (χ4n) is 1.84. The maximum Gasteiger partial charge on any atom is 0.0349 e. The van der Waals surface area contributed by atoms with E-state index in [2.05, 4.69) is 54.0 Å². The minimum atomic E-state index is 0.844. The topological polar surface area (TPSA) is 26.0 Å². The highest BCUT2D eigenvalue weighted by Crippen LogP contribution is 2.32. The fourth-order valence-corrected chi connectivity index (χ4v) is 2.21. The first-order valence-electron chi connectivity index (χ1n) is 5.22. The summed E-state index contributed by atoms with van der Waals surface area (Å²) in [4.78, 5) is 0.